The van der Waals surface area contributed by atoms with Crippen molar-refractivity contribution < 1.29 is 9.59 Å². The molecule has 2 heterocycles. The molecule has 2 aromatic rings. The Labute approximate surface area is 194 Å². The average Bonchev–Trinajstić information content (AvgIpc) is 3.12. The zero-order valence-corrected chi connectivity index (χ0v) is 19.7. The summed E-state index contributed by atoms with van der Waals surface area (Å²) in [4.78, 5) is 27.9. The second-order valence-corrected chi connectivity index (χ2v) is 9.83. The second-order valence-electron chi connectivity index (χ2n) is 8.68. The van der Waals surface area contributed by atoms with Crippen molar-refractivity contribution in [2.75, 3.05) is 31.6 Å². The average molecular weight is 453 g/mol. The third-order valence-corrected chi connectivity index (χ3v) is 7.78. The number of amides is 2. The normalized spacial score (nSPS) is 21.7. The molecule has 0 saturated carbocycles. The maximum atomic E-state index is 13.5. The van der Waals surface area contributed by atoms with Crippen LogP contribution < -0.4 is 10.6 Å². The van der Waals surface area contributed by atoms with E-state index in [9.17, 15) is 9.59 Å². The van der Waals surface area contributed by atoms with E-state index < -0.39 is 5.91 Å². The summed E-state index contributed by atoms with van der Waals surface area (Å²) in [6.07, 6.45) is 4.43. The van der Waals surface area contributed by atoms with Gasteiger partial charge in [0.15, 0.2) is 0 Å². The molecule has 1 saturated heterocycles. The first-order valence-corrected chi connectivity index (χ1v) is 12.3. The molecule has 2 aliphatic heterocycles. The highest BCUT2D eigenvalue weighted by atomic mass is 32.2. The van der Waals surface area contributed by atoms with Crippen LogP contribution in [0.2, 0.25) is 0 Å². The minimum absolute atomic E-state index is 0.105. The second kappa shape index (κ2) is 10.1. The monoisotopic (exact) mass is 452 g/mol. The van der Waals surface area contributed by atoms with Crippen molar-refractivity contribution in [1.29, 1.82) is 0 Å². The van der Waals surface area contributed by atoms with Gasteiger partial charge in [0.05, 0.1) is 5.69 Å². The number of primary amides is 1. The van der Waals surface area contributed by atoms with E-state index in [4.69, 9.17) is 5.73 Å². The molecule has 0 spiro atoms. The molecular formula is C25H32N4O2S. The highest BCUT2D eigenvalue weighted by Gasteiger charge is 2.34. The topological polar surface area (TPSA) is 69.9 Å². The predicted octanol–water partition coefficient (Wildman–Crippen LogP) is 4.08. The molecular weight excluding hydrogens is 420 g/mol. The van der Waals surface area contributed by atoms with E-state index in [2.05, 4.69) is 30.1 Å². The molecule has 2 atom stereocenters. The van der Waals surface area contributed by atoms with Crippen LogP contribution in [0.5, 0.6) is 0 Å². The Morgan fingerprint density at radius 1 is 1.06 bits per heavy atom. The Bertz CT molecular complexity index is 955. The van der Waals surface area contributed by atoms with Crippen LogP contribution in [0.4, 0.5) is 5.69 Å². The maximum Gasteiger partial charge on any atom is 0.248 e. The van der Waals surface area contributed by atoms with Crippen molar-refractivity contribution in [3.05, 3.63) is 59.7 Å². The SMILES string of the molecule is CC1CCN(C)N1CCCCCN1C(=O)C(c2ccc(C(N)=O)cc2)Sc2ccccc21. The summed E-state index contributed by atoms with van der Waals surface area (Å²) in [6, 6.07) is 15.8. The standard InChI is InChI=1S/C25H32N4O2S/c1-18-14-17-27(2)29(18)16-7-3-6-15-28-21-8-4-5-9-22(21)32-23(25(28)31)19-10-12-20(13-11-19)24(26)30/h4-5,8-13,18,23H,3,6-7,14-17H2,1-2H3,(H2,26,30). The molecule has 2 N–H and O–H groups in total. The van der Waals surface area contributed by atoms with Crippen LogP contribution in [-0.2, 0) is 4.79 Å². The van der Waals surface area contributed by atoms with E-state index in [1.807, 2.05) is 35.2 Å². The van der Waals surface area contributed by atoms with Gasteiger partial charge in [0.2, 0.25) is 11.8 Å². The van der Waals surface area contributed by atoms with Crippen LogP contribution in [0, 0.1) is 0 Å². The highest BCUT2D eigenvalue weighted by Crippen LogP contribution is 2.46. The Kier molecular flexibility index (Phi) is 7.18. The fraction of sp³-hybridized carbons (Fsp3) is 0.440. The first-order chi connectivity index (χ1) is 15.5. The number of hydrogen-bond acceptors (Lipinski definition) is 5. The lowest BCUT2D eigenvalue weighted by Gasteiger charge is -2.34. The lowest BCUT2D eigenvalue weighted by molar-refractivity contribution is -0.118. The van der Waals surface area contributed by atoms with Crippen LogP contribution in [-0.4, -0.2) is 54.6 Å². The van der Waals surface area contributed by atoms with Crippen molar-refractivity contribution in [3.8, 4) is 0 Å². The summed E-state index contributed by atoms with van der Waals surface area (Å²) in [5, 5.41) is 4.48. The number of hydrazine groups is 1. The number of para-hydroxylation sites is 1. The third-order valence-electron chi connectivity index (χ3n) is 6.48. The van der Waals surface area contributed by atoms with E-state index in [-0.39, 0.29) is 11.2 Å². The molecule has 1 fully saturated rings. The van der Waals surface area contributed by atoms with E-state index >= 15 is 0 Å². The van der Waals surface area contributed by atoms with E-state index in [0.717, 1.165) is 55.0 Å². The number of nitrogens with zero attached hydrogens (tertiary/aromatic N) is 3. The van der Waals surface area contributed by atoms with Gasteiger partial charge in [0.25, 0.3) is 0 Å². The molecule has 7 heteroatoms. The van der Waals surface area contributed by atoms with Crippen LogP contribution in [0.1, 0.15) is 53.8 Å². The zero-order chi connectivity index (χ0) is 22.7. The van der Waals surface area contributed by atoms with Crippen LogP contribution in [0.3, 0.4) is 0 Å². The Balaban J connectivity index is 1.41. The van der Waals surface area contributed by atoms with Crippen molar-refractivity contribution in [3.63, 3.8) is 0 Å². The van der Waals surface area contributed by atoms with Crippen molar-refractivity contribution in [1.82, 2.24) is 10.0 Å². The summed E-state index contributed by atoms with van der Waals surface area (Å²) in [7, 11) is 2.17. The highest BCUT2D eigenvalue weighted by molar-refractivity contribution is 8.00. The third kappa shape index (κ3) is 4.85. The van der Waals surface area contributed by atoms with E-state index in [1.54, 1.807) is 23.9 Å². The first-order valence-electron chi connectivity index (χ1n) is 11.4. The largest absolute Gasteiger partial charge is 0.366 e. The van der Waals surface area contributed by atoms with Gasteiger partial charge in [-0.3, -0.25) is 9.59 Å². The lowest BCUT2D eigenvalue weighted by Crippen LogP contribution is -2.39. The smallest absolute Gasteiger partial charge is 0.248 e. The van der Waals surface area contributed by atoms with Crippen LogP contribution >= 0.6 is 11.8 Å². The van der Waals surface area contributed by atoms with Crippen molar-refractivity contribution in [2.45, 2.75) is 48.8 Å². The predicted molar refractivity (Wildman–Crippen MR) is 130 cm³/mol. The van der Waals surface area contributed by atoms with Crippen LogP contribution in [0.25, 0.3) is 0 Å². The number of carbonyl (C=O) groups is 2. The number of rotatable bonds is 8. The first kappa shape index (κ1) is 22.8. The number of benzene rings is 2. The molecule has 2 amide bonds. The molecule has 0 aromatic heterocycles. The van der Waals surface area contributed by atoms with Gasteiger partial charge in [-0.2, -0.15) is 0 Å². The van der Waals surface area contributed by atoms with Crippen molar-refractivity contribution in [2.24, 2.45) is 5.73 Å². The maximum absolute atomic E-state index is 13.5. The minimum atomic E-state index is -0.458. The fourth-order valence-corrected chi connectivity index (χ4v) is 5.81. The van der Waals surface area contributed by atoms with Gasteiger partial charge < -0.3 is 10.6 Å². The molecule has 2 aromatic carbocycles. The molecule has 0 aliphatic carbocycles. The van der Waals surface area contributed by atoms with Crippen molar-refractivity contribution >= 4 is 29.3 Å². The molecule has 2 aliphatic rings. The molecule has 32 heavy (non-hydrogen) atoms. The lowest BCUT2D eigenvalue weighted by atomic mass is 10.1. The van der Waals surface area contributed by atoms with E-state index in [1.165, 1.54) is 6.42 Å². The Morgan fingerprint density at radius 3 is 2.47 bits per heavy atom. The number of fused-ring (bicyclic) bond motifs is 1. The summed E-state index contributed by atoms with van der Waals surface area (Å²) >= 11 is 1.58. The molecule has 0 bridgehead atoms. The van der Waals surface area contributed by atoms with Gasteiger partial charge >= 0.3 is 0 Å². The summed E-state index contributed by atoms with van der Waals surface area (Å²) in [6.45, 7) is 5.23. The van der Waals surface area contributed by atoms with Gasteiger partial charge in [-0.1, -0.05) is 30.7 Å². The summed E-state index contributed by atoms with van der Waals surface area (Å²) in [5.41, 5.74) is 7.72. The Hall–Kier alpha value is -2.35. The molecule has 170 valence electrons. The van der Waals surface area contributed by atoms with Gasteiger partial charge in [0, 0.05) is 43.2 Å². The van der Waals surface area contributed by atoms with Gasteiger partial charge in [-0.15, -0.1) is 11.8 Å². The van der Waals surface area contributed by atoms with Gasteiger partial charge in [0.1, 0.15) is 5.25 Å². The summed E-state index contributed by atoms with van der Waals surface area (Å²) in [5.74, 6) is -0.353. The van der Waals surface area contributed by atoms with Crippen LogP contribution in [0.15, 0.2) is 53.4 Å². The quantitative estimate of drug-likeness (QED) is 0.611. The number of carbonyl (C=O) groups excluding carboxylic acids is 2. The number of unbranched alkanes of at least 4 members (excludes halogenated alkanes) is 2. The minimum Gasteiger partial charge on any atom is -0.366 e. The number of thioether (sulfide) groups is 1. The van der Waals surface area contributed by atoms with Gasteiger partial charge in [-0.05, 0) is 56.0 Å². The zero-order valence-electron chi connectivity index (χ0n) is 18.9. The molecule has 2 unspecified atom stereocenters. The molecule has 6 nitrogen and oxygen atoms in total. The number of nitrogens with two attached hydrogens (primary N) is 1. The number of anilines is 1. The Morgan fingerprint density at radius 2 is 1.78 bits per heavy atom. The molecule has 0 radical (unpaired) electrons. The number of hydrogen-bond donors (Lipinski definition) is 1. The fourth-order valence-electron chi connectivity index (χ4n) is 4.58. The molecule has 4 rings (SSSR count). The van der Waals surface area contributed by atoms with E-state index in [0.29, 0.717) is 11.6 Å². The van der Waals surface area contributed by atoms with Gasteiger partial charge in [-0.25, -0.2) is 10.0 Å². The summed E-state index contributed by atoms with van der Waals surface area (Å²) < 4.78 is 0.